The van der Waals surface area contributed by atoms with Crippen LogP contribution in [0.5, 0.6) is 11.5 Å². The molecule has 1 unspecified atom stereocenters. The molecule has 0 radical (unpaired) electrons. The molecule has 1 N–H and O–H groups in total. The molecule has 4 aromatic rings. The molecule has 4 rings (SSSR count). The average molecular weight is 508 g/mol. The van der Waals surface area contributed by atoms with E-state index in [1.54, 1.807) is 67.6 Å². The Labute approximate surface area is 212 Å². The molecule has 0 bridgehead atoms. The van der Waals surface area contributed by atoms with Crippen molar-refractivity contribution in [1.82, 2.24) is 9.13 Å². The maximum atomic E-state index is 13.8. The van der Waals surface area contributed by atoms with E-state index < -0.39 is 23.2 Å². The minimum atomic E-state index is -0.900. The summed E-state index contributed by atoms with van der Waals surface area (Å²) in [7, 11) is 3.03. The number of hydrogen-bond acceptors (Lipinski definition) is 5. The van der Waals surface area contributed by atoms with Crippen LogP contribution in [-0.2, 0) is 4.79 Å². The van der Waals surface area contributed by atoms with Gasteiger partial charge in [-0.2, -0.15) is 0 Å². The van der Waals surface area contributed by atoms with Gasteiger partial charge in [-0.05, 0) is 55.3 Å². The van der Waals surface area contributed by atoms with Crippen LogP contribution in [0.4, 0.5) is 5.69 Å². The van der Waals surface area contributed by atoms with E-state index in [0.717, 1.165) is 10.1 Å². The number of benzene rings is 3. The molecule has 1 aromatic heterocycles. The van der Waals surface area contributed by atoms with Gasteiger partial charge in [0, 0.05) is 16.8 Å². The largest absolute Gasteiger partial charge is 0.493 e. The minimum Gasteiger partial charge on any atom is -0.493 e. The summed E-state index contributed by atoms with van der Waals surface area (Å²) < 4.78 is 13.0. The van der Waals surface area contributed by atoms with Crippen molar-refractivity contribution in [1.29, 1.82) is 0 Å². The Kier molecular flexibility index (Phi) is 7.17. The van der Waals surface area contributed by atoms with E-state index in [9.17, 15) is 14.4 Å². The summed E-state index contributed by atoms with van der Waals surface area (Å²) in [6, 6.07) is 15.8. The van der Waals surface area contributed by atoms with Crippen LogP contribution < -0.4 is 26.0 Å². The number of carbonyl (C=O) groups is 1. The van der Waals surface area contributed by atoms with Crippen molar-refractivity contribution in [3.63, 3.8) is 0 Å². The number of rotatable bonds is 7. The lowest BCUT2D eigenvalue weighted by Crippen LogP contribution is -2.43. The quantitative estimate of drug-likeness (QED) is 0.391. The van der Waals surface area contributed by atoms with Crippen LogP contribution in [0.25, 0.3) is 16.6 Å². The molecule has 0 saturated heterocycles. The van der Waals surface area contributed by atoms with Gasteiger partial charge in [0.25, 0.3) is 5.56 Å². The van der Waals surface area contributed by atoms with Crippen LogP contribution in [-0.4, -0.2) is 29.3 Å². The number of aryl methyl sites for hydroxylation is 1. The number of fused-ring (bicyclic) bond motifs is 1. The predicted molar refractivity (Wildman–Crippen MR) is 141 cm³/mol. The molecule has 8 nitrogen and oxygen atoms in total. The Bertz CT molecular complexity index is 1570. The van der Waals surface area contributed by atoms with Gasteiger partial charge < -0.3 is 14.8 Å². The number of methoxy groups -OCH3 is 2. The standard InChI is InChI=1S/C27H26ClN3O5/c1-5-21(25(32)29-17-11-13-23(35-3)24(14-17)36-4)31-22-9-7-6-8-19(22)26(33)30(27(31)34)18-12-10-16(2)20(28)15-18/h6-15,21H,5H2,1-4H3,(H,29,32). The van der Waals surface area contributed by atoms with E-state index >= 15 is 0 Å². The fourth-order valence-corrected chi connectivity index (χ4v) is 4.33. The molecule has 0 aliphatic rings. The van der Waals surface area contributed by atoms with Gasteiger partial charge in [0.05, 0.1) is 30.8 Å². The van der Waals surface area contributed by atoms with Crippen LogP contribution in [0.3, 0.4) is 0 Å². The molecular formula is C27H26ClN3O5. The molecule has 9 heteroatoms. The normalized spacial score (nSPS) is 11.8. The smallest absolute Gasteiger partial charge is 0.336 e. The van der Waals surface area contributed by atoms with Gasteiger partial charge in [0.15, 0.2) is 11.5 Å². The van der Waals surface area contributed by atoms with E-state index in [1.807, 2.05) is 6.92 Å². The molecule has 36 heavy (non-hydrogen) atoms. The highest BCUT2D eigenvalue weighted by atomic mass is 35.5. The van der Waals surface area contributed by atoms with Gasteiger partial charge >= 0.3 is 5.69 Å². The molecule has 1 atom stereocenters. The van der Waals surface area contributed by atoms with Gasteiger partial charge in [0.1, 0.15) is 6.04 Å². The Balaban J connectivity index is 1.87. The number of hydrogen-bond donors (Lipinski definition) is 1. The lowest BCUT2D eigenvalue weighted by molar-refractivity contribution is -0.119. The maximum Gasteiger partial charge on any atom is 0.336 e. The lowest BCUT2D eigenvalue weighted by Gasteiger charge is -2.22. The fourth-order valence-electron chi connectivity index (χ4n) is 4.16. The molecule has 1 heterocycles. The molecule has 0 aliphatic heterocycles. The van der Waals surface area contributed by atoms with E-state index in [4.69, 9.17) is 21.1 Å². The topological polar surface area (TPSA) is 91.6 Å². The van der Waals surface area contributed by atoms with Gasteiger partial charge in [0.2, 0.25) is 5.91 Å². The zero-order valence-corrected chi connectivity index (χ0v) is 21.1. The third-order valence-electron chi connectivity index (χ3n) is 6.06. The van der Waals surface area contributed by atoms with Crippen molar-refractivity contribution >= 4 is 34.1 Å². The van der Waals surface area contributed by atoms with Crippen LogP contribution in [0.2, 0.25) is 5.02 Å². The minimum absolute atomic E-state index is 0.301. The van der Waals surface area contributed by atoms with E-state index in [2.05, 4.69) is 5.32 Å². The summed E-state index contributed by atoms with van der Waals surface area (Å²) in [4.78, 5) is 40.7. The Hall–Kier alpha value is -4.04. The number of anilines is 1. The fraction of sp³-hybridized carbons (Fsp3) is 0.222. The van der Waals surface area contributed by atoms with E-state index in [-0.39, 0.29) is 0 Å². The molecular weight excluding hydrogens is 482 g/mol. The van der Waals surface area contributed by atoms with Crippen LogP contribution in [0.1, 0.15) is 24.9 Å². The molecule has 1 amide bonds. The van der Waals surface area contributed by atoms with Gasteiger partial charge in [-0.15, -0.1) is 0 Å². The maximum absolute atomic E-state index is 13.8. The van der Waals surface area contributed by atoms with Gasteiger partial charge in [-0.3, -0.25) is 14.2 Å². The highest BCUT2D eigenvalue weighted by Crippen LogP contribution is 2.30. The number of carbonyl (C=O) groups excluding carboxylic acids is 1. The van der Waals surface area contributed by atoms with Crippen molar-refractivity contribution in [3.8, 4) is 17.2 Å². The summed E-state index contributed by atoms with van der Waals surface area (Å²) in [6.07, 6.45) is 0.301. The zero-order chi connectivity index (χ0) is 26.0. The second-order valence-corrected chi connectivity index (χ2v) is 8.63. The molecule has 186 valence electrons. The highest BCUT2D eigenvalue weighted by Gasteiger charge is 2.25. The summed E-state index contributed by atoms with van der Waals surface area (Å²) in [5, 5.41) is 3.60. The van der Waals surface area contributed by atoms with E-state index in [0.29, 0.717) is 45.2 Å². The monoisotopic (exact) mass is 507 g/mol. The van der Waals surface area contributed by atoms with Crippen molar-refractivity contribution in [2.24, 2.45) is 0 Å². The summed E-state index contributed by atoms with van der Waals surface area (Å²) in [6.45, 7) is 3.64. The van der Waals surface area contributed by atoms with Crippen LogP contribution in [0, 0.1) is 6.92 Å². The number of para-hydroxylation sites is 1. The number of aromatic nitrogens is 2. The van der Waals surface area contributed by atoms with Gasteiger partial charge in [-0.25, -0.2) is 9.36 Å². The van der Waals surface area contributed by atoms with Crippen molar-refractivity contribution < 1.29 is 14.3 Å². The SMILES string of the molecule is CCC(C(=O)Nc1ccc(OC)c(OC)c1)n1c(=O)n(-c2ccc(C)c(Cl)c2)c(=O)c2ccccc21. The van der Waals surface area contributed by atoms with Crippen molar-refractivity contribution in [2.75, 3.05) is 19.5 Å². The molecule has 0 spiro atoms. The second-order valence-electron chi connectivity index (χ2n) is 8.23. The van der Waals surface area contributed by atoms with Crippen LogP contribution >= 0.6 is 11.6 Å². The number of nitrogens with zero attached hydrogens (tertiary/aromatic N) is 2. The van der Waals surface area contributed by atoms with E-state index in [1.165, 1.54) is 18.8 Å². The third-order valence-corrected chi connectivity index (χ3v) is 6.47. The number of ether oxygens (including phenoxy) is 2. The summed E-state index contributed by atoms with van der Waals surface area (Å²) in [5.74, 6) is 0.563. The van der Waals surface area contributed by atoms with Crippen molar-refractivity contribution in [3.05, 3.63) is 92.1 Å². The third kappa shape index (κ3) is 4.47. The Morgan fingerprint density at radius 1 is 1.00 bits per heavy atom. The zero-order valence-electron chi connectivity index (χ0n) is 20.4. The highest BCUT2D eigenvalue weighted by molar-refractivity contribution is 6.31. The molecule has 0 fully saturated rings. The summed E-state index contributed by atoms with van der Waals surface area (Å²) in [5.41, 5.74) is 0.879. The molecule has 0 aliphatic carbocycles. The Morgan fingerprint density at radius 3 is 2.39 bits per heavy atom. The first-order valence-corrected chi connectivity index (χ1v) is 11.7. The predicted octanol–water partition coefficient (Wildman–Crippen LogP) is 4.72. The van der Waals surface area contributed by atoms with Crippen molar-refractivity contribution in [2.45, 2.75) is 26.3 Å². The summed E-state index contributed by atoms with van der Waals surface area (Å²) >= 11 is 6.30. The molecule has 3 aromatic carbocycles. The second kappa shape index (κ2) is 10.3. The first-order valence-electron chi connectivity index (χ1n) is 11.4. The first-order chi connectivity index (χ1) is 17.3. The molecule has 0 saturated carbocycles. The number of nitrogens with one attached hydrogen (secondary N) is 1. The first kappa shape index (κ1) is 25.1. The van der Waals surface area contributed by atoms with Gasteiger partial charge in [-0.1, -0.05) is 36.7 Å². The lowest BCUT2D eigenvalue weighted by atomic mass is 10.1. The average Bonchev–Trinajstić information content (AvgIpc) is 2.88. The number of halogens is 1. The number of amides is 1. The van der Waals surface area contributed by atoms with Crippen LogP contribution in [0.15, 0.2) is 70.3 Å². The Morgan fingerprint density at radius 2 is 1.72 bits per heavy atom.